The number of aliphatic imine (C=N–C) groups is 1. The zero-order valence-electron chi connectivity index (χ0n) is 16.3. The fourth-order valence-corrected chi connectivity index (χ4v) is 3.64. The minimum atomic E-state index is -0.868. The molecule has 0 radical (unpaired) electrons. The number of H-pyrrole nitrogens is 1. The van der Waals surface area contributed by atoms with Gasteiger partial charge in [0.15, 0.2) is 11.7 Å². The van der Waals surface area contributed by atoms with Gasteiger partial charge in [-0.3, -0.25) is 10.1 Å². The van der Waals surface area contributed by atoms with Gasteiger partial charge in [0.2, 0.25) is 0 Å². The Kier molecular flexibility index (Phi) is 3.99. The molecule has 2 aromatic heterocycles. The van der Waals surface area contributed by atoms with Crippen molar-refractivity contribution in [3.8, 4) is 0 Å². The standard InChI is InChI=1S/C22H22N6O/c1-22(2,29)16-5-7-17(8-6-16)25-20-21-23-9-10-28(21)13-19(26-20)14-3-4-15-12-24-27-18(15)11-14/h3-12,19,29H,13H2,1-2H3,(H,24,27)(H,25,26). The van der Waals surface area contributed by atoms with Crippen LogP contribution in [-0.2, 0) is 12.1 Å². The summed E-state index contributed by atoms with van der Waals surface area (Å²) in [5.41, 5.74) is 3.02. The first kappa shape index (κ1) is 17.6. The molecule has 7 heteroatoms. The first-order chi connectivity index (χ1) is 14.0. The summed E-state index contributed by atoms with van der Waals surface area (Å²) >= 11 is 0. The predicted octanol–water partition coefficient (Wildman–Crippen LogP) is 3.60. The van der Waals surface area contributed by atoms with E-state index in [1.165, 1.54) is 0 Å². The second-order valence-electron chi connectivity index (χ2n) is 7.87. The first-order valence-electron chi connectivity index (χ1n) is 9.60. The molecule has 29 heavy (non-hydrogen) atoms. The van der Waals surface area contributed by atoms with Gasteiger partial charge in [-0.25, -0.2) is 4.98 Å². The number of fused-ring (bicyclic) bond motifs is 2. The summed E-state index contributed by atoms with van der Waals surface area (Å²) in [6.07, 6.45) is 5.59. The number of hydrogen-bond acceptors (Lipinski definition) is 5. The fraction of sp³-hybridized carbons (Fsp3) is 0.227. The Balaban J connectivity index is 1.48. The summed E-state index contributed by atoms with van der Waals surface area (Å²) in [7, 11) is 0. The molecule has 0 amide bonds. The lowest BCUT2D eigenvalue weighted by Gasteiger charge is -2.24. The maximum atomic E-state index is 10.2. The lowest BCUT2D eigenvalue weighted by Crippen LogP contribution is -2.27. The summed E-state index contributed by atoms with van der Waals surface area (Å²) in [5.74, 6) is 1.54. The topological polar surface area (TPSA) is 91.1 Å². The van der Waals surface area contributed by atoms with Crippen molar-refractivity contribution in [1.82, 2.24) is 19.7 Å². The highest BCUT2D eigenvalue weighted by molar-refractivity contribution is 6.06. The Morgan fingerprint density at radius 1 is 1.17 bits per heavy atom. The molecule has 0 aliphatic carbocycles. The Morgan fingerprint density at radius 2 is 2.00 bits per heavy atom. The average Bonchev–Trinajstić information content (AvgIpc) is 3.36. The zero-order valence-corrected chi connectivity index (χ0v) is 16.3. The molecule has 1 aliphatic heterocycles. The molecule has 0 saturated heterocycles. The van der Waals surface area contributed by atoms with Gasteiger partial charge in [0.25, 0.3) is 0 Å². The molecule has 0 spiro atoms. The second kappa shape index (κ2) is 6.56. The highest BCUT2D eigenvalue weighted by atomic mass is 16.3. The Labute approximate surface area is 168 Å². The maximum absolute atomic E-state index is 10.2. The molecule has 0 saturated carbocycles. The van der Waals surface area contributed by atoms with Crippen molar-refractivity contribution in [2.24, 2.45) is 4.99 Å². The molecular weight excluding hydrogens is 364 g/mol. The number of benzene rings is 2. The van der Waals surface area contributed by atoms with E-state index in [0.29, 0.717) is 0 Å². The van der Waals surface area contributed by atoms with Crippen molar-refractivity contribution in [2.75, 3.05) is 5.32 Å². The molecule has 1 unspecified atom stereocenters. The summed E-state index contributed by atoms with van der Waals surface area (Å²) < 4.78 is 2.11. The minimum absolute atomic E-state index is 0.0254. The highest BCUT2D eigenvalue weighted by Crippen LogP contribution is 2.28. The third kappa shape index (κ3) is 3.30. The highest BCUT2D eigenvalue weighted by Gasteiger charge is 2.24. The molecule has 5 rings (SSSR count). The number of aromatic amines is 1. The fourth-order valence-electron chi connectivity index (χ4n) is 3.64. The smallest absolute Gasteiger partial charge is 0.175 e. The van der Waals surface area contributed by atoms with Crippen LogP contribution in [-0.4, -0.2) is 30.7 Å². The molecule has 3 N–H and O–H groups in total. The normalized spacial score (nSPS) is 16.5. The molecule has 1 aliphatic rings. The van der Waals surface area contributed by atoms with Gasteiger partial charge >= 0.3 is 0 Å². The summed E-state index contributed by atoms with van der Waals surface area (Å²) in [6.45, 7) is 4.29. The lowest BCUT2D eigenvalue weighted by molar-refractivity contribution is 0.0786. The monoisotopic (exact) mass is 386 g/mol. The van der Waals surface area contributed by atoms with Gasteiger partial charge in [0.05, 0.1) is 29.9 Å². The van der Waals surface area contributed by atoms with Gasteiger partial charge in [0, 0.05) is 23.5 Å². The molecule has 0 bridgehead atoms. The number of nitrogens with zero attached hydrogens (tertiary/aromatic N) is 4. The van der Waals surface area contributed by atoms with E-state index in [1.807, 2.05) is 36.7 Å². The number of aromatic nitrogens is 4. The van der Waals surface area contributed by atoms with E-state index in [9.17, 15) is 5.11 Å². The zero-order chi connectivity index (χ0) is 20.0. The van der Waals surface area contributed by atoms with E-state index in [4.69, 9.17) is 4.99 Å². The predicted molar refractivity (Wildman–Crippen MR) is 113 cm³/mol. The van der Waals surface area contributed by atoms with Crippen molar-refractivity contribution in [3.63, 3.8) is 0 Å². The van der Waals surface area contributed by atoms with Crippen molar-refractivity contribution < 1.29 is 5.11 Å². The molecule has 0 fully saturated rings. The molecule has 2 aromatic carbocycles. The van der Waals surface area contributed by atoms with Gasteiger partial charge < -0.3 is 15.0 Å². The SMILES string of the molecule is CC(C)(O)c1ccc(NC2=NC(c3ccc4cn[nH]c4c3)Cn3ccnc32)cc1. The van der Waals surface area contributed by atoms with Crippen molar-refractivity contribution in [1.29, 1.82) is 0 Å². The summed E-state index contributed by atoms with van der Waals surface area (Å²) in [5, 5.41) is 21.8. The van der Waals surface area contributed by atoms with Crippen LogP contribution in [0.1, 0.15) is 36.8 Å². The van der Waals surface area contributed by atoms with E-state index in [0.717, 1.165) is 45.9 Å². The van der Waals surface area contributed by atoms with E-state index in [2.05, 4.69) is 43.3 Å². The molecule has 4 aromatic rings. The lowest BCUT2D eigenvalue weighted by atomic mass is 9.98. The van der Waals surface area contributed by atoms with E-state index >= 15 is 0 Å². The quantitative estimate of drug-likeness (QED) is 0.502. The minimum Gasteiger partial charge on any atom is -0.386 e. The number of amidine groups is 1. The average molecular weight is 386 g/mol. The number of aliphatic hydroxyl groups is 1. The van der Waals surface area contributed by atoms with Crippen LogP contribution in [0.3, 0.4) is 0 Å². The van der Waals surface area contributed by atoms with E-state index in [1.54, 1.807) is 20.0 Å². The maximum Gasteiger partial charge on any atom is 0.175 e. The van der Waals surface area contributed by atoms with Crippen LogP contribution in [0.2, 0.25) is 0 Å². The largest absolute Gasteiger partial charge is 0.386 e. The third-order valence-electron chi connectivity index (χ3n) is 5.29. The van der Waals surface area contributed by atoms with E-state index < -0.39 is 5.60 Å². The van der Waals surface area contributed by atoms with Gasteiger partial charge in [-0.15, -0.1) is 0 Å². The number of imidazole rings is 1. The van der Waals surface area contributed by atoms with Crippen molar-refractivity contribution in [3.05, 3.63) is 78.0 Å². The second-order valence-corrected chi connectivity index (χ2v) is 7.87. The van der Waals surface area contributed by atoms with Crippen molar-refractivity contribution in [2.45, 2.75) is 32.0 Å². The number of hydrogen-bond donors (Lipinski definition) is 3. The first-order valence-corrected chi connectivity index (χ1v) is 9.60. The van der Waals surface area contributed by atoms with Crippen LogP contribution >= 0.6 is 0 Å². The molecule has 7 nitrogen and oxygen atoms in total. The Hall–Kier alpha value is -3.45. The van der Waals surface area contributed by atoms with Crippen LogP contribution in [0, 0.1) is 0 Å². The number of anilines is 1. The van der Waals surface area contributed by atoms with Crippen LogP contribution in [0.4, 0.5) is 5.69 Å². The summed E-state index contributed by atoms with van der Waals surface area (Å²) in [4.78, 5) is 9.44. The van der Waals surface area contributed by atoms with Crippen molar-refractivity contribution >= 4 is 22.4 Å². The van der Waals surface area contributed by atoms with E-state index in [-0.39, 0.29) is 6.04 Å². The molecular formula is C22H22N6O. The number of rotatable bonds is 3. The third-order valence-corrected chi connectivity index (χ3v) is 5.29. The molecule has 146 valence electrons. The van der Waals surface area contributed by atoms with Gasteiger partial charge in [-0.1, -0.05) is 24.3 Å². The molecule has 3 heterocycles. The summed E-state index contributed by atoms with van der Waals surface area (Å²) in [6, 6.07) is 14.0. The Bertz CT molecular complexity index is 1200. The number of nitrogens with one attached hydrogen (secondary N) is 2. The molecule has 1 atom stereocenters. The van der Waals surface area contributed by atoms with Gasteiger partial charge in [-0.05, 0) is 43.2 Å². The van der Waals surface area contributed by atoms with Crippen LogP contribution in [0.15, 0.2) is 66.0 Å². The van der Waals surface area contributed by atoms with Crippen LogP contribution in [0.5, 0.6) is 0 Å². The van der Waals surface area contributed by atoms with Gasteiger partial charge in [-0.2, -0.15) is 5.10 Å². The Morgan fingerprint density at radius 3 is 2.79 bits per heavy atom. The van der Waals surface area contributed by atoms with Crippen LogP contribution in [0.25, 0.3) is 10.9 Å². The van der Waals surface area contributed by atoms with Gasteiger partial charge in [0.1, 0.15) is 0 Å². The van der Waals surface area contributed by atoms with Crippen LogP contribution < -0.4 is 5.32 Å².